The third kappa shape index (κ3) is 3.42. The van der Waals surface area contributed by atoms with Crippen molar-refractivity contribution in [1.29, 1.82) is 0 Å². The Balaban J connectivity index is 1.67. The topological polar surface area (TPSA) is 101 Å². The highest BCUT2D eigenvalue weighted by molar-refractivity contribution is 7.12. The van der Waals surface area contributed by atoms with Gasteiger partial charge in [0.15, 0.2) is 5.69 Å². The third-order valence-electron chi connectivity index (χ3n) is 3.95. The smallest absolute Gasteiger partial charge is 0.301 e. The van der Waals surface area contributed by atoms with Crippen LogP contribution in [0, 0.1) is 6.92 Å². The number of nitrogens with zero attached hydrogens (tertiary/aromatic N) is 4. The van der Waals surface area contributed by atoms with Crippen LogP contribution < -0.4 is 11.3 Å². The molecule has 2 heterocycles. The summed E-state index contributed by atoms with van der Waals surface area (Å²) in [6.07, 6.45) is 0. The maximum absolute atomic E-state index is 12.7. The van der Waals surface area contributed by atoms with Gasteiger partial charge in [0.2, 0.25) is 5.13 Å². The zero-order valence-corrected chi connectivity index (χ0v) is 15.3. The van der Waals surface area contributed by atoms with E-state index >= 15 is 0 Å². The number of hydrogen-bond acceptors (Lipinski definition) is 6. The molecule has 0 radical (unpaired) electrons. The molecule has 0 saturated heterocycles. The van der Waals surface area contributed by atoms with Gasteiger partial charge in [0.05, 0.1) is 17.1 Å². The summed E-state index contributed by atoms with van der Waals surface area (Å²) in [4.78, 5) is 17.3. The van der Waals surface area contributed by atoms with Crippen LogP contribution in [0.5, 0.6) is 0 Å². The molecule has 2 aromatic carbocycles. The molecule has 2 aromatic heterocycles. The second-order valence-corrected chi connectivity index (χ2v) is 6.74. The van der Waals surface area contributed by atoms with Gasteiger partial charge in [-0.25, -0.2) is 4.98 Å². The first-order chi connectivity index (χ1) is 13.1. The van der Waals surface area contributed by atoms with E-state index in [1.165, 1.54) is 16.0 Å². The van der Waals surface area contributed by atoms with E-state index in [-0.39, 0.29) is 11.2 Å². The van der Waals surface area contributed by atoms with Gasteiger partial charge in [-0.1, -0.05) is 30.3 Å². The summed E-state index contributed by atoms with van der Waals surface area (Å²) in [5, 5.41) is 13.7. The highest BCUT2D eigenvalue weighted by Crippen LogP contribution is 2.25. The van der Waals surface area contributed by atoms with Crippen LogP contribution in [0.25, 0.3) is 16.4 Å². The molecular weight excluding hydrogens is 360 g/mol. The zero-order valence-electron chi connectivity index (χ0n) is 14.5. The van der Waals surface area contributed by atoms with Crippen LogP contribution in [-0.2, 0) is 0 Å². The summed E-state index contributed by atoms with van der Waals surface area (Å²) < 4.78 is 1.39. The average Bonchev–Trinajstić information content (AvgIpc) is 3.27. The number of aryl methyl sites for hydroxylation is 1. The quantitative estimate of drug-likeness (QED) is 0.402. The Morgan fingerprint density at radius 3 is 2.56 bits per heavy atom. The molecule has 0 aliphatic rings. The minimum Gasteiger partial charge on any atom is -0.399 e. The SMILES string of the molecule is Cc1[nH]n(-c2nc(-c3ccc(N)cc3)cs2)c(=O)c1N=Nc1ccccc1. The van der Waals surface area contributed by atoms with Gasteiger partial charge in [-0.3, -0.25) is 9.89 Å². The number of H-pyrrole nitrogens is 1. The number of anilines is 1. The first-order valence-corrected chi connectivity index (χ1v) is 9.10. The Bertz CT molecular complexity index is 1160. The van der Waals surface area contributed by atoms with E-state index in [4.69, 9.17) is 5.73 Å². The average molecular weight is 376 g/mol. The van der Waals surface area contributed by atoms with Gasteiger partial charge in [0.25, 0.3) is 0 Å². The molecule has 4 rings (SSSR count). The largest absolute Gasteiger partial charge is 0.399 e. The molecule has 0 aliphatic carbocycles. The van der Waals surface area contributed by atoms with E-state index in [9.17, 15) is 4.79 Å². The third-order valence-corrected chi connectivity index (χ3v) is 4.78. The lowest BCUT2D eigenvalue weighted by Gasteiger charge is -1.97. The van der Waals surface area contributed by atoms with Gasteiger partial charge >= 0.3 is 5.56 Å². The molecule has 0 saturated carbocycles. The van der Waals surface area contributed by atoms with Gasteiger partial charge in [-0.05, 0) is 31.2 Å². The fourth-order valence-electron chi connectivity index (χ4n) is 2.55. The molecule has 3 N–H and O–H groups in total. The number of aromatic nitrogens is 3. The monoisotopic (exact) mass is 376 g/mol. The number of thiazole rings is 1. The van der Waals surface area contributed by atoms with E-state index in [1.807, 2.05) is 60.0 Å². The van der Waals surface area contributed by atoms with E-state index in [2.05, 4.69) is 20.3 Å². The van der Waals surface area contributed by atoms with Crippen molar-refractivity contribution in [2.45, 2.75) is 6.92 Å². The van der Waals surface area contributed by atoms with Crippen molar-refractivity contribution in [1.82, 2.24) is 14.8 Å². The number of hydrogen-bond donors (Lipinski definition) is 2. The van der Waals surface area contributed by atoms with Gasteiger partial charge < -0.3 is 5.73 Å². The van der Waals surface area contributed by atoms with Crippen LogP contribution in [0.4, 0.5) is 17.1 Å². The zero-order chi connectivity index (χ0) is 18.8. The molecule has 0 spiro atoms. The van der Waals surface area contributed by atoms with Crippen LogP contribution in [-0.4, -0.2) is 14.8 Å². The van der Waals surface area contributed by atoms with Crippen LogP contribution in [0.2, 0.25) is 0 Å². The number of rotatable bonds is 4. The molecule has 7 nitrogen and oxygen atoms in total. The van der Waals surface area contributed by atoms with Crippen molar-refractivity contribution in [2.75, 3.05) is 5.73 Å². The van der Waals surface area contributed by atoms with E-state index in [1.54, 1.807) is 6.92 Å². The molecular formula is C19H16N6OS. The highest BCUT2D eigenvalue weighted by atomic mass is 32.1. The lowest BCUT2D eigenvalue weighted by molar-refractivity contribution is 0.827. The Morgan fingerprint density at radius 1 is 1.07 bits per heavy atom. The lowest BCUT2D eigenvalue weighted by Crippen LogP contribution is -2.13. The molecule has 0 unspecified atom stereocenters. The Labute approximate surface area is 158 Å². The van der Waals surface area contributed by atoms with Crippen LogP contribution in [0.3, 0.4) is 0 Å². The fourth-order valence-corrected chi connectivity index (χ4v) is 3.34. The number of nitrogens with two attached hydrogens (primary N) is 1. The first kappa shape index (κ1) is 16.9. The van der Waals surface area contributed by atoms with E-state index in [0.29, 0.717) is 22.2 Å². The molecule has 8 heteroatoms. The van der Waals surface area contributed by atoms with Crippen molar-refractivity contribution >= 4 is 28.4 Å². The number of benzene rings is 2. The van der Waals surface area contributed by atoms with Gasteiger partial charge in [0.1, 0.15) is 0 Å². The molecule has 0 fully saturated rings. The predicted molar refractivity (Wildman–Crippen MR) is 107 cm³/mol. The van der Waals surface area contributed by atoms with E-state index < -0.39 is 0 Å². The normalized spacial score (nSPS) is 11.3. The summed E-state index contributed by atoms with van der Waals surface area (Å²) >= 11 is 1.37. The molecule has 0 bridgehead atoms. The highest BCUT2D eigenvalue weighted by Gasteiger charge is 2.15. The van der Waals surface area contributed by atoms with Crippen molar-refractivity contribution in [3.05, 3.63) is 76.0 Å². The minimum atomic E-state index is -0.287. The molecule has 0 amide bonds. The van der Waals surface area contributed by atoms with Gasteiger partial charge in [-0.2, -0.15) is 9.80 Å². The minimum absolute atomic E-state index is 0.267. The number of aromatic amines is 1. The molecule has 134 valence electrons. The maximum atomic E-state index is 12.7. The van der Waals surface area contributed by atoms with E-state index in [0.717, 1.165) is 11.3 Å². The Kier molecular flexibility index (Phi) is 4.39. The Hall–Kier alpha value is -3.52. The standard InChI is InChI=1S/C19H16N6OS/c1-12-17(23-22-15-5-3-2-4-6-15)18(26)25(24-12)19-21-16(11-27-19)13-7-9-14(20)10-8-13/h2-11,24H,20H2,1H3. The molecule has 27 heavy (non-hydrogen) atoms. The van der Waals surface area contributed by atoms with Crippen LogP contribution in [0.1, 0.15) is 5.69 Å². The summed E-state index contributed by atoms with van der Waals surface area (Å²) in [6.45, 7) is 1.78. The van der Waals surface area contributed by atoms with Crippen molar-refractivity contribution in [3.8, 4) is 16.4 Å². The van der Waals surface area contributed by atoms with Gasteiger partial charge in [0, 0.05) is 16.6 Å². The Morgan fingerprint density at radius 2 is 1.81 bits per heavy atom. The summed E-state index contributed by atoms with van der Waals surface area (Å²) in [5.74, 6) is 0. The van der Waals surface area contributed by atoms with Crippen molar-refractivity contribution in [3.63, 3.8) is 0 Å². The molecule has 0 atom stereocenters. The predicted octanol–water partition coefficient (Wildman–Crippen LogP) is 4.60. The van der Waals surface area contributed by atoms with Gasteiger partial charge in [-0.15, -0.1) is 16.5 Å². The number of nitrogen functional groups attached to an aromatic ring is 1. The second kappa shape index (κ2) is 7.00. The van der Waals surface area contributed by atoms with Crippen LogP contribution >= 0.6 is 11.3 Å². The molecule has 0 aliphatic heterocycles. The van der Waals surface area contributed by atoms with Crippen molar-refractivity contribution < 1.29 is 0 Å². The fraction of sp³-hybridized carbons (Fsp3) is 0.0526. The van der Waals surface area contributed by atoms with Crippen molar-refractivity contribution in [2.24, 2.45) is 10.2 Å². The molecule has 4 aromatic rings. The summed E-state index contributed by atoms with van der Waals surface area (Å²) in [6, 6.07) is 16.7. The summed E-state index contributed by atoms with van der Waals surface area (Å²) in [7, 11) is 0. The number of nitrogens with one attached hydrogen (secondary N) is 1. The second-order valence-electron chi connectivity index (χ2n) is 5.90. The van der Waals surface area contributed by atoms with Crippen LogP contribution in [0.15, 0.2) is 75.0 Å². The number of azo groups is 1. The maximum Gasteiger partial charge on any atom is 0.301 e. The first-order valence-electron chi connectivity index (χ1n) is 8.22. The summed E-state index contributed by atoms with van der Waals surface area (Å²) in [5.41, 5.74) is 9.43. The lowest BCUT2D eigenvalue weighted by atomic mass is 10.1.